The van der Waals surface area contributed by atoms with Gasteiger partial charge in [0.25, 0.3) is 5.91 Å². The first kappa shape index (κ1) is 15.7. The summed E-state index contributed by atoms with van der Waals surface area (Å²) in [6.45, 7) is 1.68. The molecule has 0 radical (unpaired) electrons. The Balaban J connectivity index is 1.82. The number of anilines is 1. The van der Waals surface area contributed by atoms with Crippen LogP contribution in [0.2, 0.25) is 0 Å². The van der Waals surface area contributed by atoms with Gasteiger partial charge in [0.2, 0.25) is 0 Å². The van der Waals surface area contributed by atoms with E-state index in [1.807, 2.05) is 19.2 Å². The van der Waals surface area contributed by atoms with Crippen molar-refractivity contribution in [2.75, 3.05) is 18.6 Å². The summed E-state index contributed by atoms with van der Waals surface area (Å²) in [5, 5.41) is 2.92. The van der Waals surface area contributed by atoms with E-state index in [1.165, 1.54) is 29.8 Å². The molecule has 0 saturated carbocycles. The van der Waals surface area contributed by atoms with Gasteiger partial charge in [-0.3, -0.25) is 9.69 Å². The summed E-state index contributed by atoms with van der Waals surface area (Å²) in [6, 6.07) is 11.8. The lowest BCUT2D eigenvalue weighted by Gasteiger charge is -2.10. The highest BCUT2D eigenvalue weighted by atomic mass is 32.2. The zero-order valence-electron chi connectivity index (χ0n) is 13.0. The number of hydrogen-bond acceptors (Lipinski definition) is 4. The molecule has 6 heteroatoms. The second kappa shape index (κ2) is 5.79. The van der Waals surface area contributed by atoms with Crippen LogP contribution in [-0.4, -0.2) is 32.5 Å². The lowest BCUT2D eigenvalue weighted by molar-refractivity contribution is 0.102. The van der Waals surface area contributed by atoms with E-state index in [2.05, 4.69) is 16.3 Å². The van der Waals surface area contributed by atoms with Gasteiger partial charge in [0.05, 0.1) is 4.90 Å². The van der Waals surface area contributed by atoms with Crippen molar-refractivity contribution in [2.24, 2.45) is 0 Å². The number of amides is 1. The predicted octanol–water partition coefficient (Wildman–Crippen LogP) is 2.29. The van der Waals surface area contributed by atoms with Crippen LogP contribution >= 0.6 is 0 Å². The van der Waals surface area contributed by atoms with Crippen molar-refractivity contribution in [2.45, 2.75) is 18.0 Å². The molecule has 0 saturated heterocycles. The number of sulfone groups is 1. The fraction of sp³-hybridized carbons (Fsp3) is 0.235. The van der Waals surface area contributed by atoms with Crippen molar-refractivity contribution >= 4 is 21.4 Å². The maximum atomic E-state index is 12.4. The zero-order valence-corrected chi connectivity index (χ0v) is 13.9. The summed E-state index contributed by atoms with van der Waals surface area (Å²) >= 11 is 0. The Morgan fingerprint density at radius 2 is 1.78 bits per heavy atom. The van der Waals surface area contributed by atoms with E-state index in [-0.39, 0.29) is 10.8 Å². The molecule has 0 bridgehead atoms. The maximum Gasteiger partial charge on any atom is 0.255 e. The third-order valence-electron chi connectivity index (χ3n) is 3.93. The lowest BCUT2D eigenvalue weighted by atomic mass is 10.1. The first-order chi connectivity index (χ1) is 10.8. The summed E-state index contributed by atoms with van der Waals surface area (Å²) in [7, 11) is -1.22. The SMILES string of the molecule is CN1Cc2cccc(NC(=O)c3ccc(S(C)(=O)=O)cc3)c2C1. The lowest BCUT2D eigenvalue weighted by Crippen LogP contribution is -2.14. The Hall–Kier alpha value is -2.18. The number of hydrogen-bond donors (Lipinski definition) is 1. The van der Waals surface area contributed by atoms with Crippen LogP contribution in [0, 0.1) is 0 Å². The van der Waals surface area contributed by atoms with Crippen LogP contribution in [0.3, 0.4) is 0 Å². The number of rotatable bonds is 3. The molecule has 0 atom stereocenters. The Morgan fingerprint density at radius 3 is 2.43 bits per heavy atom. The van der Waals surface area contributed by atoms with Gasteiger partial charge >= 0.3 is 0 Å². The summed E-state index contributed by atoms with van der Waals surface area (Å²) in [4.78, 5) is 14.8. The molecule has 3 rings (SSSR count). The van der Waals surface area contributed by atoms with Gasteiger partial charge in [-0.2, -0.15) is 0 Å². The number of carbonyl (C=O) groups is 1. The highest BCUT2D eigenvalue weighted by Crippen LogP contribution is 2.28. The summed E-state index contributed by atoms with van der Waals surface area (Å²) in [6.07, 6.45) is 1.14. The van der Waals surface area contributed by atoms with Crippen LogP contribution in [0.5, 0.6) is 0 Å². The molecule has 1 N–H and O–H groups in total. The minimum Gasteiger partial charge on any atom is -0.322 e. The van der Waals surface area contributed by atoms with Gasteiger partial charge in [0.1, 0.15) is 0 Å². The molecule has 0 fully saturated rings. The Morgan fingerprint density at radius 1 is 1.09 bits per heavy atom. The van der Waals surface area contributed by atoms with Crippen LogP contribution in [0.25, 0.3) is 0 Å². The van der Waals surface area contributed by atoms with E-state index < -0.39 is 9.84 Å². The highest BCUT2D eigenvalue weighted by Gasteiger charge is 2.19. The average Bonchev–Trinajstić information content (AvgIpc) is 2.88. The molecule has 0 unspecified atom stereocenters. The van der Waals surface area contributed by atoms with Gasteiger partial charge in [0.15, 0.2) is 9.84 Å². The standard InChI is InChI=1S/C17H18N2O3S/c1-19-10-13-4-3-5-16(15(13)11-19)18-17(20)12-6-8-14(9-7-12)23(2,21)22/h3-9H,10-11H2,1-2H3,(H,18,20). The fourth-order valence-electron chi connectivity index (χ4n) is 2.75. The molecule has 2 aromatic rings. The Labute approximate surface area is 135 Å². The van der Waals surface area contributed by atoms with Gasteiger partial charge in [0, 0.05) is 30.6 Å². The van der Waals surface area contributed by atoms with Crippen LogP contribution in [0.15, 0.2) is 47.4 Å². The zero-order chi connectivity index (χ0) is 16.6. The molecule has 120 valence electrons. The molecule has 0 aliphatic carbocycles. The van der Waals surface area contributed by atoms with Gasteiger partial charge < -0.3 is 5.32 Å². The van der Waals surface area contributed by atoms with Crippen LogP contribution in [0.4, 0.5) is 5.69 Å². The second-order valence-electron chi connectivity index (χ2n) is 5.87. The second-order valence-corrected chi connectivity index (χ2v) is 7.88. The summed E-state index contributed by atoms with van der Waals surface area (Å²) in [5.74, 6) is -0.243. The van der Waals surface area contributed by atoms with E-state index in [4.69, 9.17) is 0 Å². The molecule has 23 heavy (non-hydrogen) atoms. The van der Waals surface area contributed by atoms with Gasteiger partial charge in [-0.05, 0) is 48.5 Å². The fourth-order valence-corrected chi connectivity index (χ4v) is 3.38. The van der Waals surface area contributed by atoms with Crippen molar-refractivity contribution in [1.82, 2.24) is 4.90 Å². The highest BCUT2D eigenvalue weighted by molar-refractivity contribution is 7.90. The van der Waals surface area contributed by atoms with Crippen molar-refractivity contribution in [3.63, 3.8) is 0 Å². The number of carbonyl (C=O) groups excluding carboxylic acids is 1. The van der Waals surface area contributed by atoms with E-state index >= 15 is 0 Å². The minimum atomic E-state index is -3.26. The third kappa shape index (κ3) is 3.28. The molecular formula is C17H18N2O3S. The van der Waals surface area contributed by atoms with Crippen molar-refractivity contribution in [3.05, 3.63) is 59.2 Å². The topological polar surface area (TPSA) is 66.5 Å². The normalized spacial score (nSPS) is 14.5. The number of benzene rings is 2. The molecule has 1 aliphatic heterocycles. The largest absolute Gasteiger partial charge is 0.322 e. The number of nitrogens with one attached hydrogen (secondary N) is 1. The Kier molecular flexibility index (Phi) is 3.95. The molecule has 2 aromatic carbocycles. The van der Waals surface area contributed by atoms with Crippen molar-refractivity contribution in [1.29, 1.82) is 0 Å². The average molecular weight is 330 g/mol. The van der Waals surface area contributed by atoms with Crippen LogP contribution in [0.1, 0.15) is 21.5 Å². The maximum absolute atomic E-state index is 12.4. The molecule has 1 heterocycles. The quantitative estimate of drug-likeness (QED) is 0.938. The summed E-state index contributed by atoms with van der Waals surface area (Å²) in [5.41, 5.74) is 3.60. The molecule has 1 aliphatic rings. The van der Waals surface area contributed by atoms with E-state index in [0.29, 0.717) is 5.56 Å². The summed E-state index contributed by atoms with van der Waals surface area (Å²) < 4.78 is 22.9. The molecular weight excluding hydrogens is 312 g/mol. The van der Waals surface area contributed by atoms with E-state index in [0.717, 1.165) is 30.6 Å². The van der Waals surface area contributed by atoms with Crippen molar-refractivity contribution < 1.29 is 13.2 Å². The minimum absolute atomic E-state index is 0.205. The van der Waals surface area contributed by atoms with Crippen molar-refractivity contribution in [3.8, 4) is 0 Å². The number of fused-ring (bicyclic) bond motifs is 1. The first-order valence-corrected chi connectivity index (χ1v) is 9.14. The van der Waals surface area contributed by atoms with Gasteiger partial charge in [-0.1, -0.05) is 12.1 Å². The van der Waals surface area contributed by atoms with E-state index in [9.17, 15) is 13.2 Å². The molecule has 5 nitrogen and oxygen atoms in total. The molecule has 0 aromatic heterocycles. The van der Waals surface area contributed by atoms with Gasteiger partial charge in [-0.25, -0.2) is 8.42 Å². The van der Waals surface area contributed by atoms with Crippen LogP contribution < -0.4 is 5.32 Å². The monoisotopic (exact) mass is 330 g/mol. The van der Waals surface area contributed by atoms with Crippen LogP contribution in [-0.2, 0) is 22.9 Å². The molecule has 1 amide bonds. The Bertz CT molecular complexity index is 858. The van der Waals surface area contributed by atoms with Gasteiger partial charge in [-0.15, -0.1) is 0 Å². The predicted molar refractivity (Wildman–Crippen MR) is 89.1 cm³/mol. The first-order valence-electron chi connectivity index (χ1n) is 7.25. The molecule has 0 spiro atoms. The van der Waals surface area contributed by atoms with E-state index in [1.54, 1.807) is 0 Å². The third-order valence-corrected chi connectivity index (χ3v) is 5.06. The number of nitrogens with zero attached hydrogens (tertiary/aromatic N) is 1. The smallest absolute Gasteiger partial charge is 0.255 e.